The second-order valence-electron chi connectivity index (χ2n) is 5.68. The van der Waals surface area contributed by atoms with Crippen molar-refractivity contribution in [2.24, 2.45) is 0 Å². The standard InChI is InChI=1S/C16H24N2O3/c1-12-3-5-14(6-4-12)7-17-16(20)9-18-8-15(10-19)21-11-13(18)2/h3-6,13,15,19H,7-11H2,1-2H3,(H,17,20). The number of nitrogens with zero attached hydrogens (tertiary/aromatic N) is 1. The fourth-order valence-corrected chi connectivity index (χ4v) is 2.35. The largest absolute Gasteiger partial charge is 0.394 e. The summed E-state index contributed by atoms with van der Waals surface area (Å²) in [5, 5.41) is 12.1. The molecule has 1 aromatic rings. The minimum Gasteiger partial charge on any atom is -0.394 e. The van der Waals surface area contributed by atoms with Gasteiger partial charge in [-0.1, -0.05) is 29.8 Å². The molecule has 116 valence electrons. The Kier molecular flexibility index (Phi) is 5.73. The number of rotatable bonds is 5. The number of amides is 1. The first-order valence-electron chi connectivity index (χ1n) is 7.37. The molecule has 1 aromatic carbocycles. The molecule has 0 radical (unpaired) electrons. The molecule has 2 unspecified atom stereocenters. The van der Waals surface area contributed by atoms with Crippen molar-refractivity contribution in [2.45, 2.75) is 32.5 Å². The van der Waals surface area contributed by atoms with Crippen LogP contribution in [0.15, 0.2) is 24.3 Å². The molecule has 1 fully saturated rings. The molecule has 1 aliphatic rings. The third-order valence-electron chi connectivity index (χ3n) is 3.80. The van der Waals surface area contributed by atoms with Gasteiger partial charge in [0.15, 0.2) is 0 Å². The van der Waals surface area contributed by atoms with E-state index in [1.54, 1.807) is 0 Å². The van der Waals surface area contributed by atoms with Crippen LogP contribution < -0.4 is 5.32 Å². The second kappa shape index (κ2) is 7.54. The van der Waals surface area contributed by atoms with Gasteiger partial charge >= 0.3 is 0 Å². The van der Waals surface area contributed by atoms with Gasteiger partial charge in [0.1, 0.15) is 0 Å². The molecular weight excluding hydrogens is 268 g/mol. The molecular formula is C16H24N2O3. The number of hydrogen-bond donors (Lipinski definition) is 2. The molecule has 5 heteroatoms. The molecule has 0 saturated carbocycles. The summed E-state index contributed by atoms with van der Waals surface area (Å²) in [6.07, 6.45) is -0.189. The molecule has 1 amide bonds. The maximum absolute atomic E-state index is 12.0. The predicted molar refractivity (Wildman–Crippen MR) is 80.9 cm³/mol. The molecule has 0 aliphatic carbocycles. The summed E-state index contributed by atoms with van der Waals surface area (Å²) in [6, 6.07) is 8.32. The van der Waals surface area contributed by atoms with E-state index in [1.807, 2.05) is 38.1 Å². The SMILES string of the molecule is Cc1ccc(CNC(=O)CN2CC(CO)OCC2C)cc1. The molecule has 1 aliphatic heterocycles. The molecule has 0 spiro atoms. The van der Waals surface area contributed by atoms with Crippen molar-refractivity contribution in [1.29, 1.82) is 0 Å². The van der Waals surface area contributed by atoms with Crippen LogP contribution in [-0.2, 0) is 16.1 Å². The summed E-state index contributed by atoms with van der Waals surface area (Å²) in [5.41, 5.74) is 2.31. The highest BCUT2D eigenvalue weighted by Crippen LogP contribution is 2.11. The van der Waals surface area contributed by atoms with Gasteiger partial charge < -0.3 is 15.2 Å². The number of ether oxygens (including phenoxy) is 1. The van der Waals surface area contributed by atoms with Gasteiger partial charge in [0.25, 0.3) is 0 Å². The van der Waals surface area contributed by atoms with Crippen molar-refractivity contribution in [3.05, 3.63) is 35.4 Å². The average Bonchev–Trinajstić information content (AvgIpc) is 2.49. The Morgan fingerprint density at radius 3 is 2.81 bits per heavy atom. The molecule has 0 aromatic heterocycles. The second-order valence-corrected chi connectivity index (χ2v) is 5.68. The highest BCUT2D eigenvalue weighted by Gasteiger charge is 2.26. The van der Waals surface area contributed by atoms with Gasteiger partial charge in [-0.2, -0.15) is 0 Å². The van der Waals surface area contributed by atoms with Gasteiger partial charge in [-0.15, -0.1) is 0 Å². The normalized spacial score (nSPS) is 23.0. The van der Waals surface area contributed by atoms with Gasteiger partial charge in [0, 0.05) is 19.1 Å². The highest BCUT2D eigenvalue weighted by molar-refractivity contribution is 5.78. The van der Waals surface area contributed by atoms with E-state index in [2.05, 4.69) is 10.2 Å². The number of aryl methyl sites for hydroxylation is 1. The van der Waals surface area contributed by atoms with E-state index in [0.29, 0.717) is 26.2 Å². The molecule has 2 N–H and O–H groups in total. The zero-order chi connectivity index (χ0) is 15.2. The average molecular weight is 292 g/mol. The molecule has 0 bridgehead atoms. The third-order valence-corrected chi connectivity index (χ3v) is 3.80. The lowest BCUT2D eigenvalue weighted by molar-refractivity contribution is -0.127. The van der Waals surface area contributed by atoms with Gasteiger partial charge in [0.05, 0.1) is 25.9 Å². The quantitative estimate of drug-likeness (QED) is 0.838. The van der Waals surface area contributed by atoms with Crippen LogP contribution in [0.3, 0.4) is 0 Å². The Labute approximate surface area is 125 Å². The fourth-order valence-electron chi connectivity index (χ4n) is 2.35. The van der Waals surface area contributed by atoms with Crippen LogP contribution in [0.2, 0.25) is 0 Å². The maximum Gasteiger partial charge on any atom is 0.234 e. The predicted octanol–water partition coefficient (Wildman–Crippen LogP) is 0.693. The van der Waals surface area contributed by atoms with E-state index < -0.39 is 0 Å². The number of nitrogens with one attached hydrogen (secondary N) is 1. The van der Waals surface area contributed by atoms with Crippen LogP contribution in [-0.4, -0.2) is 54.4 Å². The summed E-state index contributed by atoms with van der Waals surface area (Å²) in [5.74, 6) is 0.000940. The molecule has 1 heterocycles. The van der Waals surface area contributed by atoms with Crippen molar-refractivity contribution in [3.63, 3.8) is 0 Å². The summed E-state index contributed by atoms with van der Waals surface area (Å²) in [6.45, 7) is 6.09. The Balaban J connectivity index is 1.79. The van der Waals surface area contributed by atoms with E-state index in [4.69, 9.17) is 9.84 Å². The van der Waals surface area contributed by atoms with Gasteiger partial charge in [0.2, 0.25) is 5.91 Å². The van der Waals surface area contributed by atoms with Crippen molar-refractivity contribution in [3.8, 4) is 0 Å². The fraction of sp³-hybridized carbons (Fsp3) is 0.562. The van der Waals surface area contributed by atoms with Crippen LogP contribution in [0.25, 0.3) is 0 Å². The molecule has 21 heavy (non-hydrogen) atoms. The number of hydrogen-bond acceptors (Lipinski definition) is 4. The maximum atomic E-state index is 12.0. The lowest BCUT2D eigenvalue weighted by Crippen LogP contribution is -2.52. The number of aliphatic hydroxyl groups is 1. The lowest BCUT2D eigenvalue weighted by atomic mass is 10.1. The van der Waals surface area contributed by atoms with E-state index in [9.17, 15) is 4.79 Å². The number of morpholine rings is 1. The van der Waals surface area contributed by atoms with Crippen molar-refractivity contribution in [1.82, 2.24) is 10.2 Å². The minimum absolute atomic E-state index is 0.000940. The highest BCUT2D eigenvalue weighted by atomic mass is 16.5. The summed E-state index contributed by atoms with van der Waals surface area (Å²) < 4.78 is 5.47. The zero-order valence-electron chi connectivity index (χ0n) is 12.7. The molecule has 2 atom stereocenters. The Morgan fingerprint density at radius 2 is 2.14 bits per heavy atom. The van der Waals surface area contributed by atoms with Crippen LogP contribution in [0.1, 0.15) is 18.1 Å². The summed E-state index contributed by atoms with van der Waals surface area (Å²) in [7, 11) is 0. The van der Waals surface area contributed by atoms with Crippen LogP contribution in [0, 0.1) is 6.92 Å². The molecule has 2 rings (SSSR count). The molecule has 5 nitrogen and oxygen atoms in total. The first kappa shape index (κ1) is 15.9. The van der Waals surface area contributed by atoms with E-state index >= 15 is 0 Å². The number of benzene rings is 1. The van der Waals surface area contributed by atoms with Crippen molar-refractivity contribution in [2.75, 3.05) is 26.3 Å². The number of carbonyl (C=O) groups is 1. The number of carbonyl (C=O) groups excluding carboxylic acids is 1. The smallest absolute Gasteiger partial charge is 0.234 e. The molecule has 1 saturated heterocycles. The topological polar surface area (TPSA) is 61.8 Å². The number of aliphatic hydroxyl groups excluding tert-OH is 1. The van der Waals surface area contributed by atoms with Crippen LogP contribution >= 0.6 is 0 Å². The van der Waals surface area contributed by atoms with Gasteiger partial charge in [-0.3, -0.25) is 9.69 Å². The Bertz CT molecular complexity index is 461. The van der Waals surface area contributed by atoms with Crippen LogP contribution in [0.4, 0.5) is 0 Å². The van der Waals surface area contributed by atoms with Gasteiger partial charge in [-0.25, -0.2) is 0 Å². The van der Waals surface area contributed by atoms with Crippen molar-refractivity contribution < 1.29 is 14.6 Å². The first-order valence-corrected chi connectivity index (χ1v) is 7.37. The van der Waals surface area contributed by atoms with E-state index in [0.717, 1.165) is 5.56 Å². The van der Waals surface area contributed by atoms with Crippen LogP contribution in [0.5, 0.6) is 0 Å². The summed E-state index contributed by atoms with van der Waals surface area (Å²) >= 11 is 0. The van der Waals surface area contributed by atoms with Crippen molar-refractivity contribution >= 4 is 5.91 Å². The lowest BCUT2D eigenvalue weighted by Gasteiger charge is -2.36. The third kappa shape index (κ3) is 4.81. The van der Waals surface area contributed by atoms with E-state index in [-0.39, 0.29) is 24.7 Å². The minimum atomic E-state index is -0.189. The Morgan fingerprint density at radius 1 is 1.43 bits per heavy atom. The monoisotopic (exact) mass is 292 g/mol. The van der Waals surface area contributed by atoms with E-state index in [1.165, 1.54) is 5.56 Å². The summed E-state index contributed by atoms with van der Waals surface area (Å²) in [4.78, 5) is 14.1. The first-order chi connectivity index (χ1) is 10.1. The van der Waals surface area contributed by atoms with Gasteiger partial charge in [-0.05, 0) is 19.4 Å². The Hall–Kier alpha value is -1.43. The zero-order valence-corrected chi connectivity index (χ0v) is 12.7.